The number of rotatable bonds is 4. The molecule has 0 aromatic heterocycles. The van der Waals surface area contributed by atoms with E-state index in [1.165, 1.54) is 50.6 Å². The molecule has 3 heteroatoms. The van der Waals surface area contributed by atoms with Crippen LogP contribution in [0.25, 0.3) is 0 Å². The monoisotopic (exact) mass is 285 g/mol. The molecule has 3 rings (SSSR count). The van der Waals surface area contributed by atoms with Crippen molar-refractivity contribution in [2.24, 2.45) is 16.6 Å². The zero-order chi connectivity index (χ0) is 14.5. The fourth-order valence-corrected chi connectivity index (χ4v) is 3.66. The Hall–Kier alpha value is -1.35. The lowest BCUT2D eigenvalue weighted by Gasteiger charge is -2.31. The Bertz CT molecular complexity index is 463. The fourth-order valence-electron chi connectivity index (χ4n) is 3.66. The summed E-state index contributed by atoms with van der Waals surface area (Å²) < 4.78 is 0. The van der Waals surface area contributed by atoms with Crippen LogP contribution < -0.4 is 5.73 Å². The Kier molecular flexibility index (Phi) is 4.91. The molecule has 1 aliphatic heterocycles. The van der Waals surface area contributed by atoms with Crippen LogP contribution in [0.2, 0.25) is 0 Å². The first-order valence-electron chi connectivity index (χ1n) is 8.41. The second-order valence-corrected chi connectivity index (χ2v) is 6.55. The summed E-state index contributed by atoms with van der Waals surface area (Å²) in [7, 11) is 0. The highest BCUT2D eigenvalue weighted by atomic mass is 15.2. The number of hydrogen-bond acceptors (Lipinski definition) is 2. The SMILES string of the molecule is NC(=NC1CCCN(Cc2ccccc2)C1)C1CCCC1. The summed E-state index contributed by atoms with van der Waals surface area (Å²) in [4.78, 5) is 7.39. The zero-order valence-corrected chi connectivity index (χ0v) is 12.9. The van der Waals surface area contributed by atoms with Crippen molar-refractivity contribution in [1.82, 2.24) is 4.90 Å². The van der Waals surface area contributed by atoms with Crippen molar-refractivity contribution in [2.75, 3.05) is 13.1 Å². The number of amidine groups is 1. The first-order chi connectivity index (χ1) is 10.3. The lowest BCUT2D eigenvalue weighted by atomic mass is 10.0. The number of benzene rings is 1. The van der Waals surface area contributed by atoms with Gasteiger partial charge in [0.15, 0.2) is 0 Å². The van der Waals surface area contributed by atoms with Crippen LogP contribution in [0.4, 0.5) is 0 Å². The highest BCUT2D eigenvalue weighted by Crippen LogP contribution is 2.25. The van der Waals surface area contributed by atoms with Gasteiger partial charge in [0.1, 0.15) is 0 Å². The third kappa shape index (κ3) is 4.07. The number of likely N-dealkylation sites (tertiary alicyclic amines) is 1. The van der Waals surface area contributed by atoms with Crippen molar-refractivity contribution in [2.45, 2.75) is 51.1 Å². The molecule has 2 N–H and O–H groups in total. The maximum Gasteiger partial charge on any atom is 0.0972 e. The van der Waals surface area contributed by atoms with Gasteiger partial charge in [-0.25, -0.2) is 0 Å². The van der Waals surface area contributed by atoms with Crippen molar-refractivity contribution in [1.29, 1.82) is 0 Å². The number of aliphatic imine (C=N–C) groups is 1. The molecule has 21 heavy (non-hydrogen) atoms. The van der Waals surface area contributed by atoms with Gasteiger partial charge in [0.05, 0.1) is 11.9 Å². The van der Waals surface area contributed by atoms with Crippen LogP contribution in [0.1, 0.15) is 44.1 Å². The average molecular weight is 285 g/mol. The van der Waals surface area contributed by atoms with Crippen molar-refractivity contribution < 1.29 is 0 Å². The van der Waals surface area contributed by atoms with Crippen LogP contribution in [0.5, 0.6) is 0 Å². The smallest absolute Gasteiger partial charge is 0.0972 e. The van der Waals surface area contributed by atoms with Gasteiger partial charge in [-0.1, -0.05) is 43.2 Å². The van der Waals surface area contributed by atoms with Gasteiger partial charge in [0.25, 0.3) is 0 Å². The molecule has 114 valence electrons. The molecule has 1 saturated heterocycles. The molecule has 2 fully saturated rings. The third-order valence-electron chi connectivity index (χ3n) is 4.83. The Labute approximate surface area is 128 Å². The lowest BCUT2D eigenvalue weighted by molar-refractivity contribution is 0.202. The maximum atomic E-state index is 6.24. The number of piperidine rings is 1. The van der Waals surface area contributed by atoms with E-state index in [2.05, 4.69) is 35.2 Å². The van der Waals surface area contributed by atoms with Gasteiger partial charge < -0.3 is 5.73 Å². The molecule has 0 bridgehead atoms. The topological polar surface area (TPSA) is 41.6 Å². The molecule has 3 nitrogen and oxygen atoms in total. The molecule has 1 heterocycles. The largest absolute Gasteiger partial charge is 0.387 e. The van der Waals surface area contributed by atoms with Gasteiger partial charge in [-0.3, -0.25) is 9.89 Å². The molecule has 0 amide bonds. The average Bonchev–Trinajstić information content (AvgIpc) is 3.03. The summed E-state index contributed by atoms with van der Waals surface area (Å²) in [5, 5.41) is 0. The number of nitrogens with two attached hydrogens (primary N) is 1. The van der Waals surface area contributed by atoms with Crippen LogP contribution >= 0.6 is 0 Å². The zero-order valence-electron chi connectivity index (χ0n) is 12.9. The number of hydrogen-bond donors (Lipinski definition) is 1. The molecular formula is C18H27N3. The predicted octanol–water partition coefficient (Wildman–Crippen LogP) is 3.20. The van der Waals surface area contributed by atoms with E-state index in [0.29, 0.717) is 12.0 Å². The third-order valence-corrected chi connectivity index (χ3v) is 4.83. The molecule has 1 aliphatic carbocycles. The van der Waals surface area contributed by atoms with E-state index in [4.69, 9.17) is 10.7 Å². The van der Waals surface area contributed by atoms with Crippen molar-refractivity contribution in [3.05, 3.63) is 35.9 Å². The van der Waals surface area contributed by atoms with Crippen LogP contribution in [-0.2, 0) is 6.54 Å². The van der Waals surface area contributed by atoms with E-state index >= 15 is 0 Å². The highest BCUT2D eigenvalue weighted by Gasteiger charge is 2.23. The van der Waals surface area contributed by atoms with Gasteiger partial charge in [0, 0.05) is 19.0 Å². The Morgan fingerprint density at radius 3 is 2.62 bits per heavy atom. The minimum absolute atomic E-state index is 0.406. The quantitative estimate of drug-likeness (QED) is 0.682. The summed E-state index contributed by atoms with van der Waals surface area (Å²) in [6.45, 7) is 3.28. The molecule has 1 aromatic rings. The maximum absolute atomic E-state index is 6.24. The van der Waals surface area contributed by atoms with Crippen molar-refractivity contribution in [3.8, 4) is 0 Å². The highest BCUT2D eigenvalue weighted by molar-refractivity contribution is 5.83. The van der Waals surface area contributed by atoms with E-state index in [0.717, 1.165) is 18.9 Å². The molecule has 0 spiro atoms. The number of nitrogens with zero attached hydrogens (tertiary/aromatic N) is 2. The molecule has 0 radical (unpaired) electrons. The van der Waals surface area contributed by atoms with Crippen LogP contribution in [0, 0.1) is 5.92 Å². The summed E-state index contributed by atoms with van der Waals surface area (Å²) in [6, 6.07) is 11.1. The fraction of sp³-hybridized carbons (Fsp3) is 0.611. The van der Waals surface area contributed by atoms with Crippen LogP contribution in [0.3, 0.4) is 0 Å². The minimum Gasteiger partial charge on any atom is -0.387 e. The molecular weight excluding hydrogens is 258 g/mol. The van der Waals surface area contributed by atoms with E-state index in [1.54, 1.807) is 0 Å². The predicted molar refractivity (Wildman–Crippen MR) is 88.3 cm³/mol. The first kappa shape index (κ1) is 14.6. The van der Waals surface area contributed by atoms with E-state index in [9.17, 15) is 0 Å². The van der Waals surface area contributed by atoms with Crippen LogP contribution in [-0.4, -0.2) is 29.9 Å². The summed E-state index contributed by atoms with van der Waals surface area (Å²) >= 11 is 0. The molecule has 1 aromatic carbocycles. The summed E-state index contributed by atoms with van der Waals surface area (Å²) in [5.41, 5.74) is 7.63. The van der Waals surface area contributed by atoms with Crippen molar-refractivity contribution >= 4 is 5.84 Å². The van der Waals surface area contributed by atoms with E-state index < -0.39 is 0 Å². The molecule has 1 saturated carbocycles. The van der Waals surface area contributed by atoms with E-state index in [1.807, 2.05) is 0 Å². The van der Waals surface area contributed by atoms with E-state index in [-0.39, 0.29) is 0 Å². The van der Waals surface area contributed by atoms with Gasteiger partial charge >= 0.3 is 0 Å². The lowest BCUT2D eigenvalue weighted by Crippen LogP contribution is -2.38. The normalized spacial score (nSPS) is 25.3. The van der Waals surface area contributed by atoms with Gasteiger partial charge in [-0.15, -0.1) is 0 Å². The van der Waals surface area contributed by atoms with Crippen LogP contribution in [0.15, 0.2) is 35.3 Å². The van der Waals surface area contributed by atoms with Gasteiger partial charge in [-0.05, 0) is 37.8 Å². The molecule has 2 aliphatic rings. The van der Waals surface area contributed by atoms with Gasteiger partial charge in [-0.2, -0.15) is 0 Å². The Morgan fingerprint density at radius 2 is 1.86 bits per heavy atom. The standard InChI is InChI=1S/C18H27N3/c19-18(16-9-4-5-10-16)20-17-11-6-12-21(14-17)13-15-7-2-1-3-8-15/h1-3,7-8,16-17H,4-6,9-14H2,(H2,19,20). The Morgan fingerprint density at radius 1 is 1.10 bits per heavy atom. The summed E-state index contributed by atoms with van der Waals surface area (Å²) in [6.07, 6.45) is 7.57. The summed E-state index contributed by atoms with van der Waals surface area (Å²) in [5.74, 6) is 1.49. The van der Waals surface area contributed by atoms with Crippen molar-refractivity contribution in [3.63, 3.8) is 0 Å². The second-order valence-electron chi connectivity index (χ2n) is 6.55. The second kappa shape index (κ2) is 7.08. The Balaban J connectivity index is 1.56. The van der Waals surface area contributed by atoms with Gasteiger partial charge in [0.2, 0.25) is 0 Å². The molecule has 1 unspecified atom stereocenters. The minimum atomic E-state index is 0.406. The molecule has 1 atom stereocenters. The first-order valence-corrected chi connectivity index (χ1v) is 8.41.